The fourth-order valence-corrected chi connectivity index (χ4v) is 3.22. The number of halogens is 1. The van der Waals surface area contributed by atoms with E-state index in [9.17, 15) is 0 Å². The first-order chi connectivity index (χ1) is 8.67. The second-order valence-corrected chi connectivity index (χ2v) is 6.21. The van der Waals surface area contributed by atoms with Gasteiger partial charge in [-0.25, -0.2) is 0 Å². The first-order valence-corrected chi connectivity index (χ1v) is 8.14. The number of nitrogens with one attached hydrogen (secondary N) is 1. The van der Waals surface area contributed by atoms with E-state index < -0.39 is 0 Å². The molecule has 1 aromatic rings. The van der Waals surface area contributed by atoms with Crippen LogP contribution in [0.5, 0.6) is 0 Å². The van der Waals surface area contributed by atoms with Crippen molar-refractivity contribution in [2.45, 2.75) is 44.6 Å². The lowest BCUT2D eigenvalue weighted by Gasteiger charge is -2.21. The van der Waals surface area contributed by atoms with Gasteiger partial charge in [0.25, 0.3) is 0 Å². The molecule has 3 heteroatoms. The summed E-state index contributed by atoms with van der Waals surface area (Å²) in [5.41, 5.74) is 0. The standard InChI is InChI=1S/C15H24ClNS/c1-4-12(3)10-13(17-5-2)11-18-15-9-7-6-8-14(15)16/h6-9,12-13,17H,4-5,10-11H2,1-3H3. The van der Waals surface area contributed by atoms with Crippen LogP contribution >= 0.6 is 23.4 Å². The van der Waals surface area contributed by atoms with E-state index in [4.69, 9.17) is 11.6 Å². The molecule has 0 heterocycles. The lowest BCUT2D eigenvalue weighted by atomic mass is 10.0. The molecule has 2 unspecified atom stereocenters. The summed E-state index contributed by atoms with van der Waals surface area (Å²) in [6.07, 6.45) is 2.49. The summed E-state index contributed by atoms with van der Waals surface area (Å²) >= 11 is 8.03. The zero-order valence-corrected chi connectivity index (χ0v) is 13.2. The first kappa shape index (κ1) is 15.9. The van der Waals surface area contributed by atoms with Gasteiger partial charge in [0.1, 0.15) is 0 Å². The van der Waals surface area contributed by atoms with Crippen molar-refractivity contribution in [3.63, 3.8) is 0 Å². The maximum atomic E-state index is 6.18. The second-order valence-electron chi connectivity index (χ2n) is 4.75. The molecule has 0 aliphatic heterocycles. The van der Waals surface area contributed by atoms with Gasteiger partial charge in [-0.2, -0.15) is 0 Å². The highest BCUT2D eigenvalue weighted by atomic mass is 35.5. The molecule has 1 aromatic carbocycles. The molecular formula is C15H24ClNS. The molecule has 0 aliphatic carbocycles. The third-order valence-electron chi connectivity index (χ3n) is 3.15. The Kier molecular flexibility index (Phi) is 7.80. The minimum absolute atomic E-state index is 0.575. The van der Waals surface area contributed by atoms with Gasteiger partial charge in [0.15, 0.2) is 0 Å². The highest BCUT2D eigenvalue weighted by Gasteiger charge is 2.12. The molecule has 0 aromatic heterocycles. The van der Waals surface area contributed by atoms with Crippen molar-refractivity contribution in [1.29, 1.82) is 0 Å². The van der Waals surface area contributed by atoms with E-state index in [2.05, 4.69) is 32.2 Å². The predicted molar refractivity (Wildman–Crippen MR) is 83.7 cm³/mol. The van der Waals surface area contributed by atoms with Gasteiger partial charge in [-0.15, -0.1) is 11.8 Å². The number of thioether (sulfide) groups is 1. The summed E-state index contributed by atoms with van der Waals surface area (Å²) in [7, 11) is 0. The van der Waals surface area contributed by atoms with Crippen LogP contribution in [0.25, 0.3) is 0 Å². The van der Waals surface area contributed by atoms with Crippen molar-refractivity contribution >= 4 is 23.4 Å². The van der Waals surface area contributed by atoms with Crippen LogP contribution in [-0.4, -0.2) is 18.3 Å². The smallest absolute Gasteiger partial charge is 0.0541 e. The molecule has 0 saturated heterocycles. The third kappa shape index (κ3) is 5.64. The van der Waals surface area contributed by atoms with Crippen LogP contribution in [0.1, 0.15) is 33.6 Å². The molecule has 0 amide bonds. The van der Waals surface area contributed by atoms with Crippen LogP contribution in [0.4, 0.5) is 0 Å². The highest BCUT2D eigenvalue weighted by Crippen LogP contribution is 2.28. The Morgan fingerprint density at radius 3 is 2.61 bits per heavy atom. The Hall–Kier alpha value is -0.180. The van der Waals surface area contributed by atoms with Crippen LogP contribution in [0.2, 0.25) is 5.02 Å². The van der Waals surface area contributed by atoms with E-state index in [-0.39, 0.29) is 0 Å². The fourth-order valence-electron chi connectivity index (χ4n) is 1.90. The molecule has 0 spiro atoms. The van der Waals surface area contributed by atoms with Gasteiger partial charge in [-0.05, 0) is 31.0 Å². The Labute approximate surface area is 121 Å². The predicted octanol–water partition coefficient (Wildman–Crippen LogP) is 4.85. The molecule has 0 radical (unpaired) electrons. The topological polar surface area (TPSA) is 12.0 Å². The largest absolute Gasteiger partial charge is 0.313 e. The van der Waals surface area contributed by atoms with Crippen molar-refractivity contribution < 1.29 is 0 Å². The van der Waals surface area contributed by atoms with Crippen LogP contribution in [0, 0.1) is 5.92 Å². The quantitative estimate of drug-likeness (QED) is 0.686. The zero-order chi connectivity index (χ0) is 13.4. The van der Waals surface area contributed by atoms with Crippen molar-refractivity contribution in [2.24, 2.45) is 5.92 Å². The molecule has 0 fully saturated rings. The van der Waals surface area contributed by atoms with Crippen molar-refractivity contribution in [3.8, 4) is 0 Å². The second kappa shape index (κ2) is 8.84. The zero-order valence-electron chi connectivity index (χ0n) is 11.6. The average molecular weight is 286 g/mol. The van der Waals surface area contributed by atoms with Crippen LogP contribution in [-0.2, 0) is 0 Å². The first-order valence-electron chi connectivity index (χ1n) is 6.78. The Morgan fingerprint density at radius 1 is 1.28 bits per heavy atom. The summed E-state index contributed by atoms with van der Waals surface area (Å²) in [6.45, 7) is 7.79. The van der Waals surface area contributed by atoms with E-state index in [1.807, 2.05) is 30.0 Å². The fraction of sp³-hybridized carbons (Fsp3) is 0.600. The van der Waals surface area contributed by atoms with E-state index >= 15 is 0 Å². The molecule has 1 rings (SSSR count). The van der Waals surface area contributed by atoms with Crippen LogP contribution in [0.3, 0.4) is 0 Å². The van der Waals surface area contributed by atoms with Gasteiger partial charge >= 0.3 is 0 Å². The van der Waals surface area contributed by atoms with Crippen LogP contribution < -0.4 is 5.32 Å². The molecule has 0 aliphatic rings. The molecule has 1 nitrogen and oxygen atoms in total. The lowest BCUT2D eigenvalue weighted by molar-refractivity contribution is 0.423. The number of benzene rings is 1. The monoisotopic (exact) mass is 285 g/mol. The van der Waals surface area contributed by atoms with E-state index in [0.717, 1.165) is 23.2 Å². The molecule has 2 atom stereocenters. The molecule has 18 heavy (non-hydrogen) atoms. The van der Waals surface area contributed by atoms with Gasteiger partial charge in [-0.1, -0.05) is 50.9 Å². The minimum Gasteiger partial charge on any atom is -0.313 e. The molecular weight excluding hydrogens is 262 g/mol. The van der Waals surface area contributed by atoms with Crippen molar-refractivity contribution in [1.82, 2.24) is 5.32 Å². The van der Waals surface area contributed by atoms with Crippen molar-refractivity contribution in [3.05, 3.63) is 29.3 Å². The number of hydrogen-bond donors (Lipinski definition) is 1. The Morgan fingerprint density at radius 2 is 2.00 bits per heavy atom. The summed E-state index contributed by atoms with van der Waals surface area (Å²) < 4.78 is 0. The average Bonchev–Trinajstić information content (AvgIpc) is 2.37. The van der Waals surface area contributed by atoms with Gasteiger partial charge in [-0.3, -0.25) is 0 Å². The van der Waals surface area contributed by atoms with E-state index in [1.165, 1.54) is 17.7 Å². The van der Waals surface area contributed by atoms with E-state index in [1.54, 1.807) is 0 Å². The maximum absolute atomic E-state index is 6.18. The van der Waals surface area contributed by atoms with Gasteiger partial charge in [0.2, 0.25) is 0 Å². The normalized spacial score (nSPS) is 14.4. The van der Waals surface area contributed by atoms with Gasteiger partial charge in [0.05, 0.1) is 5.02 Å². The SMILES string of the molecule is CCNC(CSc1ccccc1Cl)CC(C)CC. The molecule has 102 valence electrons. The van der Waals surface area contributed by atoms with Gasteiger partial charge in [0, 0.05) is 16.7 Å². The summed E-state index contributed by atoms with van der Waals surface area (Å²) in [4.78, 5) is 1.19. The summed E-state index contributed by atoms with van der Waals surface area (Å²) in [5, 5.41) is 4.44. The molecule has 1 N–H and O–H groups in total. The Balaban J connectivity index is 2.49. The summed E-state index contributed by atoms with van der Waals surface area (Å²) in [6, 6.07) is 8.66. The number of hydrogen-bond acceptors (Lipinski definition) is 2. The maximum Gasteiger partial charge on any atom is 0.0541 e. The van der Waals surface area contributed by atoms with Gasteiger partial charge < -0.3 is 5.32 Å². The lowest BCUT2D eigenvalue weighted by Crippen LogP contribution is -2.32. The highest BCUT2D eigenvalue weighted by molar-refractivity contribution is 7.99. The Bertz CT molecular complexity index is 343. The van der Waals surface area contributed by atoms with E-state index in [0.29, 0.717) is 6.04 Å². The molecule has 0 bridgehead atoms. The minimum atomic E-state index is 0.575. The number of rotatable bonds is 8. The third-order valence-corrected chi connectivity index (χ3v) is 4.83. The summed E-state index contributed by atoms with van der Waals surface area (Å²) in [5.74, 6) is 1.86. The molecule has 0 saturated carbocycles. The van der Waals surface area contributed by atoms with Crippen molar-refractivity contribution in [2.75, 3.05) is 12.3 Å². The van der Waals surface area contributed by atoms with Crippen LogP contribution in [0.15, 0.2) is 29.2 Å².